The summed E-state index contributed by atoms with van der Waals surface area (Å²) in [5.74, 6) is -0.139. The molecule has 220 valence electrons. The molecule has 0 atom stereocenters. The fraction of sp³-hybridized carbons (Fsp3) is 0.216. The lowest BCUT2D eigenvalue weighted by Crippen LogP contribution is -2.63. The monoisotopic (exact) mass is 591 g/mol. The molecule has 1 N–H and O–H groups in total. The van der Waals surface area contributed by atoms with Crippen molar-refractivity contribution in [3.8, 4) is 22.4 Å². The minimum absolute atomic E-state index is 0.266. The van der Waals surface area contributed by atoms with Gasteiger partial charge in [0.2, 0.25) is 0 Å². The van der Waals surface area contributed by atoms with Crippen molar-refractivity contribution in [1.82, 2.24) is 24.5 Å². The van der Waals surface area contributed by atoms with Crippen LogP contribution in [0.5, 0.6) is 0 Å². The smallest absolute Gasteiger partial charge is 0.262 e. The second-order valence-corrected chi connectivity index (χ2v) is 13.0. The zero-order chi connectivity index (χ0) is 30.5. The number of benzene rings is 3. The third-order valence-electron chi connectivity index (χ3n) is 9.62. The van der Waals surface area contributed by atoms with Crippen LogP contribution in [0.3, 0.4) is 0 Å². The molecule has 8 nitrogen and oxygen atoms in total. The Morgan fingerprint density at radius 1 is 0.800 bits per heavy atom. The minimum atomic E-state index is -0.989. The predicted octanol–water partition coefficient (Wildman–Crippen LogP) is 6.53. The maximum atomic E-state index is 13.6. The van der Waals surface area contributed by atoms with E-state index in [1.165, 1.54) is 4.90 Å². The second-order valence-electron chi connectivity index (χ2n) is 13.0. The molecule has 1 aliphatic heterocycles. The number of carbonyl (C=O) groups is 2. The summed E-state index contributed by atoms with van der Waals surface area (Å²) < 4.78 is 1.85. The fourth-order valence-corrected chi connectivity index (χ4v) is 7.41. The quantitative estimate of drug-likeness (QED) is 0.229. The lowest BCUT2D eigenvalue weighted by Gasteiger charge is -2.55. The predicted molar refractivity (Wildman–Crippen MR) is 170 cm³/mol. The third kappa shape index (κ3) is 3.92. The third-order valence-corrected chi connectivity index (χ3v) is 9.62. The van der Waals surface area contributed by atoms with E-state index in [4.69, 9.17) is 10.1 Å². The molecule has 45 heavy (non-hydrogen) atoms. The Morgan fingerprint density at radius 3 is 2.11 bits per heavy atom. The molecule has 3 aromatic carbocycles. The Morgan fingerprint density at radius 2 is 1.47 bits per heavy atom. The highest BCUT2D eigenvalue weighted by Gasteiger charge is 2.60. The molecule has 2 fully saturated rings. The summed E-state index contributed by atoms with van der Waals surface area (Å²) in [6.07, 6.45) is 4.71. The van der Waals surface area contributed by atoms with E-state index in [9.17, 15) is 14.7 Å². The number of aliphatic hydroxyl groups is 1. The fourth-order valence-electron chi connectivity index (χ4n) is 7.41. The lowest BCUT2D eigenvalue weighted by atomic mass is 9.61. The number of rotatable bonds is 5. The molecule has 0 saturated heterocycles. The molecule has 3 aromatic heterocycles. The Bertz CT molecular complexity index is 2160. The minimum Gasteiger partial charge on any atom is -0.390 e. The molecular weight excluding hydrogens is 562 g/mol. The van der Waals surface area contributed by atoms with Crippen LogP contribution < -0.4 is 0 Å². The highest BCUT2D eigenvalue weighted by atomic mass is 16.3. The molecule has 0 unspecified atom stereocenters. The van der Waals surface area contributed by atoms with Crippen molar-refractivity contribution >= 4 is 28.5 Å². The topological polar surface area (TPSA) is 101 Å². The first kappa shape index (κ1) is 26.2. The van der Waals surface area contributed by atoms with Crippen molar-refractivity contribution < 1.29 is 14.7 Å². The zero-order valence-electron chi connectivity index (χ0n) is 24.6. The Labute approximate surface area is 259 Å². The molecule has 9 rings (SSSR count). The van der Waals surface area contributed by atoms with Crippen LogP contribution in [-0.2, 0) is 5.54 Å². The van der Waals surface area contributed by atoms with Gasteiger partial charge in [0.25, 0.3) is 11.8 Å². The molecule has 2 aliphatic carbocycles. The van der Waals surface area contributed by atoms with Gasteiger partial charge < -0.3 is 5.11 Å². The Hall–Kier alpha value is -5.21. The standard InChI is InChI=1S/C37H29N5O3/c1-36(45)20-37(21-36,41-34(43)27-9-5-6-10-28(27)35(41)44)26-15-13-24(14-16-26)32-29(22-7-3-2-4-8-22)17-25-19-38-31-18-30(23-11-12-23)40-42(31)33(25)39-32/h2-10,13-19,23,45H,11-12,20-21H2,1H3/t36-,37-. The summed E-state index contributed by atoms with van der Waals surface area (Å²) in [4.78, 5) is 38.5. The Balaban J connectivity index is 1.18. The highest BCUT2D eigenvalue weighted by Crippen LogP contribution is 2.54. The van der Waals surface area contributed by atoms with Gasteiger partial charge in [-0.15, -0.1) is 0 Å². The number of carbonyl (C=O) groups excluding carboxylic acids is 2. The molecule has 0 radical (unpaired) electrons. The van der Waals surface area contributed by atoms with E-state index < -0.39 is 11.1 Å². The molecular formula is C37H29N5O3. The van der Waals surface area contributed by atoms with E-state index in [1.807, 2.05) is 53.2 Å². The average molecular weight is 592 g/mol. The van der Waals surface area contributed by atoms with Gasteiger partial charge >= 0.3 is 0 Å². The van der Waals surface area contributed by atoms with Crippen molar-refractivity contribution in [2.75, 3.05) is 0 Å². The van der Waals surface area contributed by atoms with Crippen LogP contribution in [0.4, 0.5) is 0 Å². The first-order valence-corrected chi connectivity index (χ1v) is 15.4. The van der Waals surface area contributed by atoms with Crippen molar-refractivity contribution in [2.24, 2.45) is 0 Å². The number of hydrogen-bond acceptors (Lipinski definition) is 6. The van der Waals surface area contributed by atoms with Gasteiger partial charge in [0.1, 0.15) is 0 Å². The maximum Gasteiger partial charge on any atom is 0.262 e. The highest BCUT2D eigenvalue weighted by molar-refractivity contribution is 6.22. The summed E-state index contributed by atoms with van der Waals surface area (Å²) in [7, 11) is 0. The van der Waals surface area contributed by atoms with Crippen LogP contribution in [0.15, 0.2) is 97.2 Å². The normalized spacial score (nSPS) is 22.7. The van der Waals surface area contributed by atoms with Gasteiger partial charge in [-0.2, -0.15) is 9.61 Å². The number of fused-ring (bicyclic) bond motifs is 4. The maximum absolute atomic E-state index is 13.6. The van der Waals surface area contributed by atoms with Gasteiger partial charge in [-0.05, 0) is 49.1 Å². The van der Waals surface area contributed by atoms with E-state index in [-0.39, 0.29) is 24.7 Å². The van der Waals surface area contributed by atoms with Crippen molar-refractivity contribution in [3.05, 3.63) is 120 Å². The molecule has 4 heterocycles. The summed E-state index contributed by atoms with van der Waals surface area (Å²) in [6.45, 7) is 1.75. The molecule has 0 bridgehead atoms. The van der Waals surface area contributed by atoms with Gasteiger partial charge in [-0.1, -0.05) is 66.7 Å². The van der Waals surface area contributed by atoms with E-state index in [0.29, 0.717) is 17.0 Å². The van der Waals surface area contributed by atoms with Crippen LogP contribution in [0.1, 0.15) is 70.5 Å². The van der Waals surface area contributed by atoms with Crippen LogP contribution in [0.25, 0.3) is 39.1 Å². The van der Waals surface area contributed by atoms with Crippen LogP contribution in [-0.4, -0.2) is 47.0 Å². The van der Waals surface area contributed by atoms with Crippen molar-refractivity contribution in [3.63, 3.8) is 0 Å². The molecule has 2 amide bonds. The number of pyridine rings is 1. The largest absolute Gasteiger partial charge is 0.390 e. The van der Waals surface area contributed by atoms with E-state index in [2.05, 4.69) is 29.2 Å². The van der Waals surface area contributed by atoms with Crippen LogP contribution in [0, 0.1) is 0 Å². The summed E-state index contributed by atoms with van der Waals surface area (Å²) in [5, 5.41) is 16.7. The number of aromatic nitrogens is 4. The molecule has 2 saturated carbocycles. The first-order chi connectivity index (χ1) is 21.8. The number of nitrogens with zero attached hydrogens (tertiary/aromatic N) is 5. The second kappa shape index (κ2) is 9.15. The SMILES string of the molecule is C[C@]1(O)C[C@](c2ccc(-c3nc4c(cnc5cc(C6CC6)nn54)cc3-c3ccccc3)cc2)(N2C(=O)c3ccccc3C2=O)C1. The Kier molecular flexibility index (Phi) is 5.33. The van der Waals surface area contributed by atoms with Gasteiger partial charge in [-0.3, -0.25) is 14.5 Å². The first-order valence-electron chi connectivity index (χ1n) is 15.4. The van der Waals surface area contributed by atoms with Crippen molar-refractivity contribution in [1.29, 1.82) is 0 Å². The van der Waals surface area contributed by atoms with E-state index >= 15 is 0 Å². The van der Waals surface area contributed by atoms with Crippen molar-refractivity contribution in [2.45, 2.75) is 49.7 Å². The van der Waals surface area contributed by atoms with E-state index in [0.717, 1.165) is 63.2 Å². The van der Waals surface area contributed by atoms with Gasteiger partial charge in [-0.25, -0.2) is 9.97 Å². The molecule has 3 aliphatic rings. The lowest BCUT2D eigenvalue weighted by molar-refractivity contribution is -0.118. The summed E-state index contributed by atoms with van der Waals surface area (Å²) in [6, 6.07) is 29.2. The number of amides is 2. The summed E-state index contributed by atoms with van der Waals surface area (Å²) >= 11 is 0. The summed E-state index contributed by atoms with van der Waals surface area (Å²) in [5.41, 5.74) is 5.95. The molecule has 0 spiro atoms. The number of hydrogen-bond donors (Lipinski definition) is 1. The van der Waals surface area contributed by atoms with Gasteiger partial charge in [0.05, 0.1) is 33.7 Å². The van der Waals surface area contributed by atoms with Crippen LogP contribution in [0.2, 0.25) is 0 Å². The van der Waals surface area contributed by atoms with E-state index in [1.54, 1.807) is 31.2 Å². The zero-order valence-corrected chi connectivity index (χ0v) is 24.6. The van der Waals surface area contributed by atoms with Crippen LogP contribution >= 0.6 is 0 Å². The van der Waals surface area contributed by atoms with Gasteiger partial charge in [0, 0.05) is 47.5 Å². The molecule has 6 aromatic rings. The average Bonchev–Trinajstić information content (AvgIpc) is 3.75. The molecule has 8 heteroatoms. The number of imide groups is 1. The van der Waals surface area contributed by atoms with Gasteiger partial charge in [0.15, 0.2) is 11.3 Å².